The lowest BCUT2D eigenvalue weighted by Gasteiger charge is -2.10. The number of aromatic nitrogens is 2. The van der Waals surface area contributed by atoms with E-state index in [4.69, 9.17) is 28.9 Å². The number of halogens is 2. The molecule has 3 rings (SSSR count). The number of nitrogens with two attached hydrogens (primary N) is 1. The summed E-state index contributed by atoms with van der Waals surface area (Å²) in [6.45, 7) is 0. The summed E-state index contributed by atoms with van der Waals surface area (Å²) < 4.78 is 4.68. The van der Waals surface area contributed by atoms with Crippen LogP contribution in [0.4, 0.5) is 17.5 Å². The number of hydrogen-bond donors (Lipinski definition) is 2. The van der Waals surface area contributed by atoms with Crippen LogP contribution in [0.15, 0.2) is 48.5 Å². The first-order valence-electron chi connectivity index (χ1n) is 7.51. The molecule has 0 aliphatic carbocycles. The molecule has 6 nitrogen and oxygen atoms in total. The van der Waals surface area contributed by atoms with Crippen LogP contribution in [0.5, 0.6) is 0 Å². The van der Waals surface area contributed by atoms with Crippen LogP contribution in [-0.2, 0) is 4.74 Å². The number of methoxy groups -OCH3 is 1. The zero-order valence-corrected chi connectivity index (χ0v) is 15.2. The summed E-state index contributed by atoms with van der Waals surface area (Å²) in [4.78, 5) is 19.9. The Morgan fingerprint density at radius 1 is 1.08 bits per heavy atom. The van der Waals surface area contributed by atoms with E-state index in [1.54, 1.807) is 48.5 Å². The number of esters is 1. The molecule has 2 aromatic carbocycles. The van der Waals surface area contributed by atoms with Crippen LogP contribution in [0.1, 0.15) is 10.4 Å². The van der Waals surface area contributed by atoms with Crippen LogP contribution in [0, 0.1) is 0 Å². The van der Waals surface area contributed by atoms with E-state index in [9.17, 15) is 4.79 Å². The smallest absolute Gasteiger partial charge is 0.337 e. The summed E-state index contributed by atoms with van der Waals surface area (Å²) in [5, 5.41) is 4.15. The normalized spacial score (nSPS) is 10.4. The quantitative estimate of drug-likeness (QED) is 0.636. The van der Waals surface area contributed by atoms with Crippen molar-refractivity contribution in [1.82, 2.24) is 9.97 Å². The molecule has 0 bridgehead atoms. The van der Waals surface area contributed by atoms with Gasteiger partial charge in [0.25, 0.3) is 0 Å². The van der Waals surface area contributed by atoms with Crippen LogP contribution >= 0.6 is 23.2 Å². The standard InChI is InChI=1S/C18H14Cl2N4O2/c1-26-17(25)10-2-5-12(6-3-10)22-16-9-15(23-18(21)24-16)13-8-11(19)4-7-14(13)20/h2-9H,1H3,(H3,21,22,23,24). The first-order valence-corrected chi connectivity index (χ1v) is 8.27. The molecular formula is C18H14Cl2N4O2. The zero-order valence-electron chi connectivity index (χ0n) is 13.7. The Morgan fingerprint density at radius 3 is 2.50 bits per heavy atom. The van der Waals surface area contributed by atoms with Gasteiger partial charge in [-0.1, -0.05) is 23.2 Å². The fourth-order valence-electron chi connectivity index (χ4n) is 2.32. The lowest BCUT2D eigenvalue weighted by Crippen LogP contribution is -2.03. The van der Waals surface area contributed by atoms with E-state index < -0.39 is 5.97 Å². The number of carbonyl (C=O) groups is 1. The highest BCUT2D eigenvalue weighted by molar-refractivity contribution is 6.35. The monoisotopic (exact) mass is 388 g/mol. The van der Waals surface area contributed by atoms with Crippen molar-refractivity contribution in [3.05, 3.63) is 64.1 Å². The van der Waals surface area contributed by atoms with E-state index in [2.05, 4.69) is 20.0 Å². The maximum Gasteiger partial charge on any atom is 0.337 e. The van der Waals surface area contributed by atoms with Crippen molar-refractivity contribution in [3.8, 4) is 11.3 Å². The van der Waals surface area contributed by atoms with Gasteiger partial charge in [0.2, 0.25) is 5.95 Å². The van der Waals surface area contributed by atoms with Gasteiger partial charge < -0.3 is 15.8 Å². The molecule has 0 atom stereocenters. The van der Waals surface area contributed by atoms with Crippen molar-refractivity contribution < 1.29 is 9.53 Å². The average Bonchev–Trinajstić information content (AvgIpc) is 2.63. The lowest BCUT2D eigenvalue weighted by atomic mass is 10.1. The van der Waals surface area contributed by atoms with Crippen molar-refractivity contribution in [3.63, 3.8) is 0 Å². The van der Waals surface area contributed by atoms with Crippen molar-refractivity contribution >= 4 is 46.6 Å². The van der Waals surface area contributed by atoms with E-state index in [0.29, 0.717) is 32.7 Å². The number of anilines is 3. The second-order valence-electron chi connectivity index (χ2n) is 5.31. The molecule has 0 saturated heterocycles. The Bertz CT molecular complexity index is 962. The Hall–Kier alpha value is -2.83. The number of ether oxygens (including phenoxy) is 1. The molecule has 1 heterocycles. The maximum absolute atomic E-state index is 11.5. The summed E-state index contributed by atoms with van der Waals surface area (Å²) >= 11 is 12.3. The summed E-state index contributed by atoms with van der Waals surface area (Å²) in [5.74, 6) is 0.169. The SMILES string of the molecule is COC(=O)c1ccc(Nc2cc(-c3cc(Cl)ccc3Cl)nc(N)n2)cc1. The molecule has 26 heavy (non-hydrogen) atoms. The van der Waals surface area contributed by atoms with E-state index in [1.165, 1.54) is 7.11 Å². The zero-order chi connectivity index (χ0) is 18.7. The summed E-state index contributed by atoms with van der Waals surface area (Å²) in [6.07, 6.45) is 0. The van der Waals surface area contributed by atoms with E-state index >= 15 is 0 Å². The van der Waals surface area contributed by atoms with Crippen molar-refractivity contribution in [2.75, 3.05) is 18.2 Å². The molecule has 0 aliphatic heterocycles. The van der Waals surface area contributed by atoms with Gasteiger partial charge in [-0.15, -0.1) is 0 Å². The largest absolute Gasteiger partial charge is 0.465 e. The highest BCUT2D eigenvalue weighted by Gasteiger charge is 2.10. The molecule has 0 radical (unpaired) electrons. The number of hydrogen-bond acceptors (Lipinski definition) is 6. The molecule has 0 spiro atoms. The van der Waals surface area contributed by atoms with Gasteiger partial charge in [0, 0.05) is 22.3 Å². The van der Waals surface area contributed by atoms with Gasteiger partial charge in [0.15, 0.2) is 0 Å². The predicted molar refractivity (Wildman–Crippen MR) is 103 cm³/mol. The van der Waals surface area contributed by atoms with Crippen LogP contribution in [0.3, 0.4) is 0 Å². The van der Waals surface area contributed by atoms with Crippen molar-refractivity contribution in [1.29, 1.82) is 0 Å². The van der Waals surface area contributed by atoms with E-state index in [0.717, 1.165) is 5.69 Å². The van der Waals surface area contributed by atoms with Gasteiger partial charge in [-0.05, 0) is 42.5 Å². The molecule has 3 aromatic rings. The molecule has 1 aromatic heterocycles. The van der Waals surface area contributed by atoms with Crippen molar-refractivity contribution in [2.24, 2.45) is 0 Å². The van der Waals surface area contributed by atoms with Crippen LogP contribution in [0.2, 0.25) is 10.0 Å². The second kappa shape index (κ2) is 7.59. The number of nitrogen functional groups attached to an aromatic ring is 1. The molecule has 0 saturated carbocycles. The van der Waals surface area contributed by atoms with Gasteiger partial charge in [-0.3, -0.25) is 0 Å². The minimum Gasteiger partial charge on any atom is -0.465 e. The van der Waals surface area contributed by atoms with E-state index in [-0.39, 0.29) is 5.95 Å². The number of rotatable bonds is 4. The predicted octanol–water partition coefficient (Wildman–Crippen LogP) is 4.56. The summed E-state index contributed by atoms with van der Waals surface area (Å²) in [5.41, 5.74) is 8.18. The molecule has 0 amide bonds. The summed E-state index contributed by atoms with van der Waals surface area (Å²) in [6, 6.07) is 13.6. The molecule has 0 unspecified atom stereocenters. The van der Waals surface area contributed by atoms with Crippen molar-refractivity contribution in [2.45, 2.75) is 0 Å². The fourth-order valence-corrected chi connectivity index (χ4v) is 2.70. The molecule has 0 fully saturated rings. The average molecular weight is 389 g/mol. The number of nitrogens with one attached hydrogen (secondary N) is 1. The van der Waals surface area contributed by atoms with Gasteiger partial charge >= 0.3 is 5.97 Å². The highest BCUT2D eigenvalue weighted by Crippen LogP contribution is 2.31. The molecule has 132 valence electrons. The Labute approximate surface area is 159 Å². The minimum atomic E-state index is -0.402. The van der Waals surface area contributed by atoms with Gasteiger partial charge in [0.05, 0.1) is 23.4 Å². The topological polar surface area (TPSA) is 90.1 Å². The third kappa shape index (κ3) is 4.04. The van der Waals surface area contributed by atoms with Crippen LogP contribution in [-0.4, -0.2) is 23.0 Å². The minimum absolute atomic E-state index is 0.0900. The molecule has 0 aliphatic rings. The van der Waals surface area contributed by atoms with Crippen LogP contribution < -0.4 is 11.1 Å². The Morgan fingerprint density at radius 2 is 1.81 bits per heavy atom. The number of nitrogens with zero attached hydrogens (tertiary/aromatic N) is 2. The van der Waals surface area contributed by atoms with Gasteiger partial charge in [-0.2, -0.15) is 4.98 Å². The first kappa shape index (κ1) is 18.0. The number of carbonyl (C=O) groups excluding carboxylic acids is 1. The third-order valence-electron chi connectivity index (χ3n) is 3.53. The Kier molecular flexibility index (Phi) is 5.25. The number of benzene rings is 2. The molecular weight excluding hydrogens is 375 g/mol. The molecule has 3 N–H and O–H groups in total. The lowest BCUT2D eigenvalue weighted by molar-refractivity contribution is 0.0601. The van der Waals surface area contributed by atoms with Gasteiger partial charge in [0.1, 0.15) is 5.82 Å². The summed E-state index contributed by atoms with van der Waals surface area (Å²) in [7, 11) is 1.33. The second-order valence-corrected chi connectivity index (χ2v) is 6.16. The van der Waals surface area contributed by atoms with Gasteiger partial charge in [-0.25, -0.2) is 9.78 Å². The fraction of sp³-hybridized carbons (Fsp3) is 0.0556. The Balaban J connectivity index is 1.91. The third-order valence-corrected chi connectivity index (χ3v) is 4.09. The van der Waals surface area contributed by atoms with Crippen LogP contribution in [0.25, 0.3) is 11.3 Å². The maximum atomic E-state index is 11.5. The molecule has 8 heteroatoms. The highest BCUT2D eigenvalue weighted by atomic mass is 35.5. The first-order chi connectivity index (χ1) is 12.5. The van der Waals surface area contributed by atoms with E-state index in [1.807, 2.05) is 0 Å².